The average Bonchev–Trinajstić information content (AvgIpc) is 2.88. The van der Waals surface area contributed by atoms with Crippen molar-refractivity contribution in [2.75, 3.05) is 25.4 Å². The van der Waals surface area contributed by atoms with Gasteiger partial charge in [-0.3, -0.25) is 4.79 Å². The van der Waals surface area contributed by atoms with Gasteiger partial charge in [0, 0.05) is 30.8 Å². The van der Waals surface area contributed by atoms with E-state index in [4.69, 9.17) is 10.5 Å². The number of ether oxygens (including phenoxy) is 1. The molecule has 0 aliphatic carbocycles. The van der Waals surface area contributed by atoms with E-state index in [-0.39, 0.29) is 17.9 Å². The maximum absolute atomic E-state index is 12.0. The second-order valence-electron chi connectivity index (χ2n) is 5.30. The van der Waals surface area contributed by atoms with Crippen molar-refractivity contribution in [2.45, 2.75) is 25.9 Å². The Labute approximate surface area is 119 Å². The number of anilines is 1. The number of nitrogens with zero attached hydrogens (tertiary/aromatic N) is 1. The van der Waals surface area contributed by atoms with Gasteiger partial charge < -0.3 is 20.5 Å². The normalized spacial score (nSPS) is 19.9. The summed E-state index contributed by atoms with van der Waals surface area (Å²) in [5, 5.41) is 9.53. The first kappa shape index (κ1) is 14.7. The topological polar surface area (TPSA) is 75.8 Å². The summed E-state index contributed by atoms with van der Waals surface area (Å²) in [6.07, 6.45) is 0.872. The molecule has 5 heteroatoms. The first-order chi connectivity index (χ1) is 9.56. The molecule has 2 atom stereocenters. The molecule has 5 nitrogen and oxygen atoms in total. The van der Waals surface area contributed by atoms with E-state index in [1.807, 2.05) is 12.1 Å². The van der Waals surface area contributed by atoms with Crippen molar-refractivity contribution in [1.82, 2.24) is 4.90 Å². The summed E-state index contributed by atoms with van der Waals surface area (Å²) in [4.78, 5) is 13.8. The zero-order valence-electron chi connectivity index (χ0n) is 11.8. The van der Waals surface area contributed by atoms with Gasteiger partial charge in [0.15, 0.2) is 0 Å². The van der Waals surface area contributed by atoms with Crippen molar-refractivity contribution in [3.63, 3.8) is 0 Å². The zero-order valence-corrected chi connectivity index (χ0v) is 11.8. The Balaban J connectivity index is 1.73. The number of rotatable bonds is 5. The van der Waals surface area contributed by atoms with Gasteiger partial charge in [-0.2, -0.15) is 0 Å². The average molecular weight is 278 g/mol. The van der Waals surface area contributed by atoms with E-state index in [2.05, 4.69) is 0 Å². The van der Waals surface area contributed by atoms with Crippen LogP contribution in [0.4, 0.5) is 5.69 Å². The maximum atomic E-state index is 12.0. The SMILES string of the molecule is CC(O)C1CCN(C(=O)CCOc2cccc(N)c2)C1. The first-order valence-corrected chi connectivity index (χ1v) is 7.00. The molecule has 2 rings (SSSR count). The summed E-state index contributed by atoms with van der Waals surface area (Å²) in [5.41, 5.74) is 6.30. The van der Waals surface area contributed by atoms with E-state index in [9.17, 15) is 9.90 Å². The summed E-state index contributed by atoms with van der Waals surface area (Å²) >= 11 is 0. The third kappa shape index (κ3) is 3.87. The molecule has 0 bridgehead atoms. The second-order valence-corrected chi connectivity index (χ2v) is 5.30. The first-order valence-electron chi connectivity index (χ1n) is 7.00. The number of hydrogen-bond donors (Lipinski definition) is 2. The fraction of sp³-hybridized carbons (Fsp3) is 0.533. The molecule has 1 heterocycles. The lowest BCUT2D eigenvalue weighted by Gasteiger charge is -2.17. The fourth-order valence-corrected chi connectivity index (χ4v) is 2.43. The number of aliphatic hydroxyl groups is 1. The Hall–Kier alpha value is -1.75. The minimum Gasteiger partial charge on any atom is -0.493 e. The molecule has 1 aromatic carbocycles. The number of nitrogen functional groups attached to an aromatic ring is 1. The van der Waals surface area contributed by atoms with Gasteiger partial charge in [-0.05, 0) is 25.5 Å². The molecule has 0 saturated carbocycles. The molecule has 1 amide bonds. The largest absolute Gasteiger partial charge is 0.493 e. The van der Waals surface area contributed by atoms with Crippen molar-refractivity contribution < 1.29 is 14.6 Å². The molecule has 0 spiro atoms. The number of amides is 1. The lowest BCUT2D eigenvalue weighted by Crippen LogP contribution is -2.31. The molecule has 110 valence electrons. The van der Waals surface area contributed by atoms with Crippen LogP contribution in [0.5, 0.6) is 5.75 Å². The van der Waals surface area contributed by atoms with E-state index >= 15 is 0 Å². The van der Waals surface area contributed by atoms with Crippen molar-refractivity contribution in [3.05, 3.63) is 24.3 Å². The molecular formula is C15H22N2O3. The van der Waals surface area contributed by atoms with Crippen LogP contribution in [0, 0.1) is 5.92 Å². The number of carbonyl (C=O) groups excluding carboxylic acids is 1. The molecular weight excluding hydrogens is 256 g/mol. The van der Waals surface area contributed by atoms with Crippen LogP contribution in [0.1, 0.15) is 19.8 Å². The molecule has 3 N–H and O–H groups in total. The Morgan fingerprint density at radius 2 is 2.40 bits per heavy atom. The predicted molar refractivity (Wildman–Crippen MR) is 77.3 cm³/mol. The van der Waals surface area contributed by atoms with Gasteiger partial charge >= 0.3 is 0 Å². The highest BCUT2D eigenvalue weighted by atomic mass is 16.5. The molecule has 2 unspecified atom stereocenters. The molecule has 1 saturated heterocycles. The van der Waals surface area contributed by atoms with E-state index in [1.165, 1.54) is 0 Å². The van der Waals surface area contributed by atoms with E-state index in [1.54, 1.807) is 24.0 Å². The van der Waals surface area contributed by atoms with Crippen LogP contribution in [-0.4, -0.2) is 41.7 Å². The highest BCUT2D eigenvalue weighted by Crippen LogP contribution is 2.20. The Bertz CT molecular complexity index is 462. The quantitative estimate of drug-likeness (QED) is 0.795. The maximum Gasteiger partial charge on any atom is 0.226 e. The number of nitrogens with two attached hydrogens (primary N) is 1. The summed E-state index contributed by atoms with van der Waals surface area (Å²) in [5.74, 6) is 0.965. The molecule has 20 heavy (non-hydrogen) atoms. The highest BCUT2D eigenvalue weighted by molar-refractivity contribution is 5.76. The van der Waals surface area contributed by atoms with Crippen LogP contribution in [0.15, 0.2) is 24.3 Å². The minimum absolute atomic E-state index is 0.0806. The summed E-state index contributed by atoms with van der Waals surface area (Å²) < 4.78 is 5.51. The predicted octanol–water partition coefficient (Wildman–Crippen LogP) is 1.27. The molecule has 1 aliphatic rings. The van der Waals surface area contributed by atoms with Crippen LogP contribution >= 0.6 is 0 Å². The number of benzene rings is 1. The van der Waals surface area contributed by atoms with Crippen molar-refractivity contribution in [3.8, 4) is 5.75 Å². The Morgan fingerprint density at radius 1 is 1.60 bits per heavy atom. The van der Waals surface area contributed by atoms with Gasteiger partial charge in [-0.25, -0.2) is 0 Å². The summed E-state index contributed by atoms with van der Waals surface area (Å²) in [6, 6.07) is 7.17. The number of carbonyl (C=O) groups is 1. The molecule has 1 fully saturated rings. The summed E-state index contributed by atoms with van der Waals surface area (Å²) in [6.45, 7) is 3.50. The van der Waals surface area contributed by atoms with E-state index in [0.717, 1.165) is 13.0 Å². The lowest BCUT2D eigenvalue weighted by atomic mass is 10.0. The van der Waals surface area contributed by atoms with Gasteiger partial charge in [0.25, 0.3) is 0 Å². The number of hydrogen-bond acceptors (Lipinski definition) is 4. The molecule has 1 aliphatic heterocycles. The molecule has 1 aromatic rings. The van der Waals surface area contributed by atoms with Crippen molar-refractivity contribution in [1.29, 1.82) is 0 Å². The van der Waals surface area contributed by atoms with Crippen LogP contribution in [0.2, 0.25) is 0 Å². The fourth-order valence-electron chi connectivity index (χ4n) is 2.43. The number of aliphatic hydroxyl groups excluding tert-OH is 1. The highest BCUT2D eigenvalue weighted by Gasteiger charge is 2.28. The lowest BCUT2D eigenvalue weighted by molar-refractivity contribution is -0.130. The van der Waals surface area contributed by atoms with Gasteiger partial charge in [0.2, 0.25) is 5.91 Å². The van der Waals surface area contributed by atoms with Crippen molar-refractivity contribution >= 4 is 11.6 Å². The van der Waals surface area contributed by atoms with Crippen LogP contribution in [0.25, 0.3) is 0 Å². The van der Waals surface area contributed by atoms with Gasteiger partial charge in [0.05, 0.1) is 19.1 Å². The minimum atomic E-state index is -0.351. The standard InChI is InChI=1S/C15H22N2O3/c1-11(18)12-5-7-17(10-12)15(19)6-8-20-14-4-2-3-13(16)9-14/h2-4,9,11-12,18H,5-8,10,16H2,1H3. The third-order valence-electron chi connectivity index (χ3n) is 3.70. The van der Waals surface area contributed by atoms with Gasteiger partial charge in [0.1, 0.15) is 5.75 Å². The van der Waals surface area contributed by atoms with E-state index in [0.29, 0.717) is 31.0 Å². The van der Waals surface area contributed by atoms with Gasteiger partial charge in [-0.15, -0.1) is 0 Å². The Morgan fingerprint density at radius 3 is 3.05 bits per heavy atom. The van der Waals surface area contributed by atoms with Gasteiger partial charge in [-0.1, -0.05) is 6.07 Å². The smallest absolute Gasteiger partial charge is 0.226 e. The van der Waals surface area contributed by atoms with Crippen LogP contribution in [-0.2, 0) is 4.79 Å². The number of likely N-dealkylation sites (tertiary alicyclic amines) is 1. The van der Waals surface area contributed by atoms with Crippen LogP contribution < -0.4 is 10.5 Å². The summed E-state index contributed by atoms with van der Waals surface area (Å²) in [7, 11) is 0. The van der Waals surface area contributed by atoms with Crippen LogP contribution in [0.3, 0.4) is 0 Å². The monoisotopic (exact) mass is 278 g/mol. The van der Waals surface area contributed by atoms with E-state index < -0.39 is 0 Å². The zero-order chi connectivity index (χ0) is 14.5. The Kier molecular flexibility index (Phi) is 4.84. The molecule has 0 radical (unpaired) electrons. The second kappa shape index (κ2) is 6.61. The molecule has 0 aromatic heterocycles. The van der Waals surface area contributed by atoms with Crippen molar-refractivity contribution in [2.24, 2.45) is 5.92 Å². The third-order valence-corrected chi connectivity index (χ3v) is 3.70.